The molecule has 1 amide bonds. The molecule has 3 N–H and O–H groups in total. The maximum Gasteiger partial charge on any atom is 0.294 e. The van der Waals surface area contributed by atoms with Gasteiger partial charge in [-0.1, -0.05) is 0 Å². The number of anilines is 1. The number of amides is 1. The lowest BCUT2D eigenvalue weighted by molar-refractivity contribution is -0.384. The molecule has 0 aromatic heterocycles. The second kappa shape index (κ2) is 7.41. The monoisotopic (exact) mass is 282 g/mol. The van der Waals surface area contributed by atoms with Gasteiger partial charge in [-0.2, -0.15) is 0 Å². The predicted molar refractivity (Wildman–Crippen MR) is 74.4 cm³/mol. The molecule has 1 rings (SSSR count). The van der Waals surface area contributed by atoms with Crippen LogP contribution in [0, 0.1) is 10.1 Å². The molecule has 0 saturated heterocycles. The molecule has 8 heteroatoms. The number of hydrogen-bond acceptors (Lipinski definition) is 6. The normalized spacial score (nSPS) is 10.2. The minimum atomic E-state index is -0.586. The number of benzene rings is 1. The van der Waals surface area contributed by atoms with Crippen molar-refractivity contribution < 1.29 is 14.5 Å². The molecule has 0 saturated carbocycles. The van der Waals surface area contributed by atoms with Gasteiger partial charge in [0.15, 0.2) is 0 Å². The Balaban J connectivity index is 3.03. The molecule has 0 unspecified atom stereocenters. The van der Waals surface area contributed by atoms with Gasteiger partial charge in [-0.25, -0.2) is 0 Å². The Bertz CT molecular complexity index is 492. The van der Waals surface area contributed by atoms with E-state index in [0.29, 0.717) is 19.7 Å². The van der Waals surface area contributed by atoms with Crippen molar-refractivity contribution >= 4 is 17.3 Å². The van der Waals surface area contributed by atoms with Gasteiger partial charge in [0.05, 0.1) is 11.5 Å². The van der Waals surface area contributed by atoms with Crippen LogP contribution in [0.5, 0.6) is 0 Å². The van der Waals surface area contributed by atoms with Crippen molar-refractivity contribution in [3.05, 3.63) is 33.9 Å². The molecular formula is C12H18N4O4. The standard InChI is InChI=1S/C12H18N4O4/c1-3-15(6-7-20-2)12(17)9-4-5-10(14-13)11(8-9)16(18)19/h4-5,8,14H,3,6-7,13H2,1-2H3. The molecule has 0 fully saturated rings. The fourth-order valence-electron chi connectivity index (χ4n) is 1.73. The summed E-state index contributed by atoms with van der Waals surface area (Å²) in [5.41, 5.74) is 2.40. The van der Waals surface area contributed by atoms with E-state index < -0.39 is 4.92 Å². The lowest BCUT2D eigenvalue weighted by Crippen LogP contribution is -2.33. The van der Waals surface area contributed by atoms with E-state index in [-0.39, 0.29) is 22.8 Å². The largest absolute Gasteiger partial charge is 0.383 e. The number of nitrogens with two attached hydrogens (primary N) is 1. The summed E-state index contributed by atoms with van der Waals surface area (Å²) in [6.07, 6.45) is 0. The Hall–Kier alpha value is -2.19. The first kappa shape index (κ1) is 15.9. The average molecular weight is 282 g/mol. The number of rotatable bonds is 7. The number of hydrogen-bond donors (Lipinski definition) is 2. The zero-order valence-electron chi connectivity index (χ0n) is 11.5. The van der Waals surface area contributed by atoms with Crippen molar-refractivity contribution in [2.45, 2.75) is 6.92 Å². The molecule has 0 radical (unpaired) electrons. The summed E-state index contributed by atoms with van der Waals surface area (Å²) < 4.78 is 4.93. The number of ether oxygens (including phenoxy) is 1. The van der Waals surface area contributed by atoms with E-state index in [1.807, 2.05) is 6.92 Å². The van der Waals surface area contributed by atoms with Crippen molar-refractivity contribution in [2.24, 2.45) is 5.84 Å². The molecular weight excluding hydrogens is 264 g/mol. The van der Waals surface area contributed by atoms with Gasteiger partial charge in [0, 0.05) is 31.8 Å². The van der Waals surface area contributed by atoms with Gasteiger partial charge in [0.1, 0.15) is 5.69 Å². The molecule has 0 aliphatic heterocycles. The summed E-state index contributed by atoms with van der Waals surface area (Å²) in [4.78, 5) is 24.2. The number of nitrogen functional groups attached to an aromatic ring is 1. The Labute approximate surface area is 116 Å². The van der Waals surface area contributed by atoms with Crippen molar-refractivity contribution in [1.82, 2.24) is 4.90 Å². The van der Waals surface area contributed by atoms with Crippen LogP contribution in [-0.2, 0) is 4.74 Å². The molecule has 1 aromatic rings. The zero-order chi connectivity index (χ0) is 15.1. The summed E-state index contributed by atoms with van der Waals surface area (Å²) in [6, 6.07) is 4.13. The van der Waals surface area contributed by atoms with Gasteiger partial charge in [0.25, 0.3) is 11.6 Å². The van der Waals surface area contributed by atoms with E-state index in [4.69, 9.17) is 10.6 Å². The number of likely N-dealkylation sites (N-methyl/N-ethyl adjacent to an activating group) is 1. The van der Waals surface area contributed by atoms with Crippen molar-refractivity contribution in [3.63, 3.8) is 0 Å². The highest BCUT2D eigenvalue weighted by Gasteiger charge is 2.20. The number of nitro groups is 1. The number of carbonyl (C=O) groups excluding carboxylic acids is 1. The highest BCUT2D eigenvalue weighted by molar-refractivity contribution is 5.95. The van der Waals surface area contributed by atoms with Crippen LogP contribution in [0.4, 0.5) is 11.4 Å². The minimum absolute atomic E-state index is 0.159. The van der Waals surface area contributed by atoms with Crippen LogP contribution in [0.15, 0.2) is 18.2 Å². The van der Waals surface area contributed by atoms with E-state index in [0.717, 1.165) is 0 Å². The minimum Gasteiger partial charge on any atom is -0.383 e. The topological polar surface area (TPSA) is 111 Å². The van der Waals surface area contributed by atoms with Gasteiger partial charge < -0.3 is 15.1 Å². The Morgan fingerprint density at radius 3 is 2.75 bits per heavy atom. The first-order chi connectivity index (χ1) is 9.54. The van der Waals surface area contributed by atoms with Crippen molar-refractivity contribution in [1.29, 1.82) is 0 Å². The molecule has 0 bridgehead atoms. The number of nitro benzene ring substituents is 1. The van der Waals surface area contributed by atoms with Gasteiger partial charge >= 0.3 is 0 Å². The second-order valence-corrected chi connectivity index (χ2v) is 4.01. The van der Waals surface area contributed by atoms with E-state index in [1.165, 1.54) is 18.2 Å². The van der Waals surface area contributed by atoms with Crippen LogP contribution in [0.3, 0.4) is 0 Å². The van der Waals surface area contributed by atoms with Crippen molar-refractivity contribution in [2.75, 3.05) is 32.2 Å². The lowest BCUT2D eigenvalue weighted by atomic mass is 10.1. The molecule has 110 valence electrons. The van der Waals surface area contributed by atoms with E-state index >= 15 is 0 Å². The molecule has 8 nitrogen and oxygen atoms in total. The fourth-order valence-corrected chi connectivity index (χ4v) is 1.73. The third kappa shape index (κ3) is 3.65. The Morgan fingerprint density at radius 2 is 2.25 bits per heavy atom. The number of nitrogens with zero attached hydrogens (tertiary/aromatic N) is 2. The van der Waals surface area contributed by atoms with Crippen LogP contribution < -0.4 is 11.3 Å². The molecule has 0 spiro atoms. The van der Waals surface area contributed by atoms with Gasteiger partial charge in [-0.15, -0.1) is 0 Å². The quantitative estimate of drug-likeness (QED) is 0.438. The highest BCUT2D eigenvalue weighted by atomic mass is 16.6. The maximum atomic E-state index is 12.3. The fraction of sp³-hybridized carbons (Fsp3) is 0.417. The number of nitrogens with one attached hydrogen (secondary N) is 1. The third-order valence-corrected chi connectivity index (χ3v) is 2.83. The highest BCUT2D eigenvalue weighted by Crippen LogP contribution is 2.25. The summed E-state index contributed by atoms with van der Waals surface area (Å²) in [6.45, 7) is 3.16. The smallest absolute Gasteiger partial charge is 0.294 e. The van der Waals surface area contributed by atoms with E-state index in [2.05, 4.69) is 5.43 Å². The van der Waals surface area contributed by atoms with Crippen LogP contribution in [0.2, 0.25) is 0 Å². The van der Waals surface area contributed by atoms with Crippen LogP contribution in [-0.4, -0.2) is 42.5 Å². The van der Waals surface area contributed by atoms with Crippen molar-refractivity contribution in [3.8, 4) is 0 Å². The number of carbonyl (C=O) groups is 1. The van der Waals surface area contributed by atoms with Gasteiger partial charge in [-0.05, 0) is 19.1 Å². The maximum absolute atomic E-state index is 12.3. The molecule has 0 aliphatic carbocycles. The molecule has 0 atom stereocenters. The third-order valence-electron chi connectivity index (χ3n) is 2.83. The van der Waals surface area contributed by atoms with Gasteiger partial charge in [0.2, 0.25) is 0 Å². The van der Waals surface area contributed by atoms with Crippen LogP contribution >= 0.6 is 0 Å². The Morgan fingerprint density at radius 1 is 1.55 bits per heavy atom. The van der Waals surface area contributed by atoms with Crippen LogP contribution in [0.1, 0.15) is 17.3 Å². The summed E-state index contributed by atoms with van der Waals surface area (Å²) in [5, 5.41) is 10.9. The number of hydrazine groups is 1. The Kier molecular flexibility index (Phi) is 5.88. The summed E-state index contributed by atoms with van der Waals surface area (Å²) in [5.74, 6) is 4.92. The number of methoxy groups -OCH3 is 1. The van der Waals surface area contributed by atoms with E-state index in [9.17, 15) is 14.9 Å². The van der Waals surface area contributed by atoms with Gasteiger partial charge in [-0.3, -0.25) is 20.8 Å². The predicted octanol–water partition coefficient (Wildman–Crippen LogP) is 0.989. The summed E-state index contributed by atoms with van der Waals surface area (Å²) in [7, 11) is 1.55. The first-order valence-corrected chi connectivity index (χ1v) is 6.08. The average Bonchev–Trinajstić information content (AvgIpc) is 2.46. The molecule has 20 heavy (non-hydrogen) atoms. The zero-order valence-corrected chi connectivity index (χ0v) is 11.5. The summed E-state index contributed by atoms with van der Waals surface area (Å²) >= 11 is 0. The lowest BCUT2D eigenvalue weighted by Gasteiger charge is -2.20. The SMILES string of the molecule is CCN(CCOC)C(=O)c1ccc(NN)c([N+](=O)[O-])c1. The molecule has 0 heterocycles. The van der Waals surface area contributed by atoms with Crippen LogP contribution in [0.25, 0.3) is 0 Å². The second-order valence-electron chi connectivity index (χ2n) is 4.01. The van der Waals surface area contributed by atoms with E-state index in [1.54, 1.807) is 12.0 Å². The molecule has 1 aromatic carbocycles. The molecule has 0 aliphatic rings. The first-order valence-electron chi connectivity index (χ1n) is 6.08.